The average Bonchev–Trinajstić information content (AvgIpc) is 2.76. The normalized spacial score (nSPS) is 12.9. The molecule has 0 aliphatic heterocycles. The number of rotatable bonds is 5. The number of hydrogen-bond donors (Lipinski definition) is 1. The summed E-state index contributed by atoms with van der Waals surface area (Å²) in [7, 11) is 0. The van der Waals surface area contributed by atoms with E-state index in [1.165, 1.54) is 16.7 Å². The Kier molecular flexibility index (Phi) is 5.07. The fraction of sp³-hybridized carbons (Fsp3) is 0.471. The van der Waals surface area contributed by atoms with Crippen LogP contribution in [0.25, 0.3) is 0 Å². The standard InChI is InChI=1S/C17H24ClN3/c1-6-19-16(14-8-12(4)7-13(5)9-14)17-15(18)10-20-21(17)11(2)3/h7-11,16,19H,6H2,1-5H3. The van der Waals surface area contributed by atoms with Crippen LogP contribution < -0.4 is 5.32 Å². The predicted octanol–water partition coefficient (Wildman–Crippen LogP) is 4.43. The number of nitrogens with zero attached hydrogens (tertiary/aromatic N) is 2. The Morgan fingerprint density at radius 2 is 1.81 bits per heavy atom. The highest BCUT2D eigenvalue weighted by molar-refractivity contribution is 6.31. The first-order valence-corrected chi connectivity index (χ1v) is 7.86. The molecule has 4 heteroatoms. The van der Waals surface area contributed by atoms with Gasteiger partial charge in [-0.15, -0.1) is 0 Å². The smallest absolute Gasteiger partial charge is 0.0837 e. The molecule has 0 bridgehead atoms. The predicted molar refractivity (Wildman–Crippen MR) is 89.1 cm³/mol. The number of nitrogens with one attached hydrogen (secondary N) is 1. The molecule has 1 heterocycles. The maximum absolute atomic E-state index is 6.43. The Bertz CT molecular complexity index is 596. The molecule has 21 heavy (non-hydrogen) atoms. The van der Waals surface area contributed by atoms with E-state index in [1.807, 2.05) is 4.68 Å². The van der Waals surface area contributed by atoms with Crippen molar-refractivity contribution in [2.45, 2.75) is 46.7 Å². The Balaban J connectivity index is 2.56. The zero-order valence-electron chi connectivity index (χ0n) is 13.4. The summed E-state index contributed by atoms with van der Waals surface area (Å²) in [5.41, 5.74) is 4.80. The number of aromatic nitrogens is 2. The van der Waals surface area contributed by atoms with Crippen LogP contribution in [0.2, 0.25) is 5.02 Å². The second-order valence-electron chi connectivity index (χ2n) is 5.83. The van der Waals surface area contributed by atoms with Gasteiger partial charge in [-0.3, -0.25) is 4.68 Å². The van der Waals surface area contributed by atoms with Gasteiger partial charge in [0, 0.05) is 6.04 Å². The summed E-state index contributed by atoms with van der Waals surface area (Å²) in [6.07, 6.45) is 1.74. The van der Waals surface area contributed by atoms with E-state index in [0.29, 0.717) is 5.02 Å². The summed E-state index contributed by atoms with van der Waals surface area (Å²) in [6.45, 7) is 11.5. The zero-order chi connectivity index (χ0) is 15.6. The topological polar surface area (TPSA) is 29.9 Å². The van der Waals surface area contributed by atoms with Crippen LogP contribution in [0.3, 0.4) is 0 Å². The third-order valence-electron chi connectivity index (χ3n) is 3.54. The van der Waals surface area contributed by atoms with Gasteiger partial charge in [0.2, 0.25) is 0 Å². The van der Waals surface area contributed by atoms with Gasteiger partial charge >= 0.3 is 0 Å². The number of halogens is 1. The van der Waals surface area contributed by atoms with Gasteiger partial charge in [-0.05, 0) is 39.8 Å². The minimum Gasteiger partial charge on any atom is -0.305 e. The summed E-state index contributed by atoms with van der Waals surface area (Å²) >= 11 is 6.43. The molecule has 2 aromatic rings. The average molecular weight is 306 g/mol. The van der Waals surface area contributed by atoms with Crippen molar-refractivity contribution in [1.29, 1.82) is 0 Å². The van der Waals surface area contributed by atoms with Crippen LogP contribution in [-0.2, 0) is 0 Å². The van der Waals surface area contributed by atoms with E-state index < -0.39 is 0 Å². The quantitative estimate of drug-likeness (QED) is 0.885. The molecular weight excluding hydrogens is 282 g/mol. The number of benzene rings is 1. The van der Waals surface area contributed by atoms with Gasteiger partial charge in [0.25, 0.3) is 0 Å². The third-order valence-corrected chi connectivity index (χ3v) is 3.83. The van der Waals surface area contributed by atoms with Gasteiger partial charge in [-0.25, -0.2) is 0 Å². The molecule has 0 radical (unpaired) electrons. The molecule has 3 nitrogen and oxygen atoms in total. The van der Waals surface area contributed by atoms with Gasteiger partial charge in [-0.2, -0.15) is 5.10 Å². The SMILES string of the molecule is CCNC(c1cc(C)cc(C)c1)c1c(Cl)cnn1C(C)C. The highest BCUT2D eigenvalue weighted by Gasteiger charge is 2.23. The molecule has 1 unspecified atom stereocenters. The lowest BCUT2D eigenvalue weighted by Gasteiger charge is -2.23. The Labute approximate surface area is 132 Å². The van der Waals surface area contributed by atoms with Gasteiger partial charge in [0.1, 0.15) is 0 Å². The molecule has 0 spiro atoms. The van der Waals surface area contributed by atoms with Crippen LogP contribution in [0, 0.1) is 13.8 Å². The van der Waals surface area contributed by atoms with Crippen LogP contribution in [0.5, 0.6) is 0 Å². The molecule has 1 N–H and O–H groups in total. The Hall–Kier alpha value is -1.32. The lowest BCUT2D eigenvalue weighted by atomic mass is 9.98. The Morgan fingerprint density at radius 1 is 1.19 bits per heavy atom. The number of hydrogen-bond acceptors (Lipinski definition) is 2. The lowest BCUT2D eigenvalue weighted by Crippen LogP contribution is -2.26. The summed E-state index contributed by atoms with van der Waals surface area (Å²) < 4.78 is 2.01. The van der Waals surface area contributed by atoms with Crippen LogP contribution in [0.1, 0.15) is 55.2 Å². The second-order valence-corrected chi connectivity index (χ2v) is 6.24. The largest absolute Gasteiger partial charge is 0.305 e. The molecule has 0 fully saturated rings. The van der Waals surface area contributed by atoms with Gasteiger partial charge in [0.05, 0.1) is 23.0 Å². The van der Waals surface area contributed by atoms with Gasteiger partial charge < -0.3 is 5.32 Å². The van der Waals surface area contributed by atoms with Gasteiger partial charge in [-0.1, -0.05) is 47.9 Å². The molecule has 2 rings (SSSR count). The first kappa shape index (κ1) is 16.1. The summed E-state index contributed by atoms with van der Waals surface area (Å²) in [4.78, 5) is 0. The van der Waals surface area contributed by atoms with Crippen molar-refractivity contribution in [1.82, 2.24) is 15.1 Å². The molecular formula is C17H24ClN3. The highest BCUT2D eigenvalue weighted by Crippen LogP contribution is 2.31. The molecule has 114 valence electrons. The molecule has 1 aromatic carbocycles. The molecule has 0 aliphatic rings. The summed E-state index contributed by atoms with van der Waals surface area (Å²) in [6, 6.07) is 6.96. The minimum absolute atomic E-state index is 0.0611. The zero-order valence-corrected chi connectivity index (χ0v) is 14.2. The first-order chi connectivity index (χ1) is 9.93. The first-order valence-electron chi connectivity index (χ1n) is 7.48. The van der Waals surface area contributed by atoms with Crippen molar-refractivity contribution in [3.8, 4) is 0 Å². The fourth-order valence-corrected chi connectivity index (χ4v) is 3.02. The molecule has 1 aromatic heterocycles. The van der Waals surface area contributed by atoms with E-state index in [0.717, 1.165) is 12.2 Å². The minimum atomic E-state index is 0.0611. The van der Waals surface area contributed by atoms with Crippen LogP contribution in [-0.4, -0.2) is 16.3 Å². The van der Waals surface area contributed by atoms with Crippen molar-refractivity contribution < 1.29 is 0 Å². The van der Waals surface area contributed by atoms with E-state index in [1.54, 1.807) is 6.20 Å². The lowest BCUT2D eigenvalue weighted by molar-refractivity contribution is 0.476. The molecule has 1 atom stereocenters. The van der Waals surface area contributed by atoms with Crippen LogP contribution >= 0.6 is 11.6 Å². The highest BCUT2D eigenvalue weighted by atomic mass is 35.5. The Morgan fingerprint density at radius 3 is 2.33 bits per heavy atom. The van der Waals surface area contributed by atoms with Crippen LogP contribution in [0.15, 0.2) is 24.4 Å². The van der Waals surface area contributed by atoms with Crippen molar-refractivity contribution in [3.05, 3.63) is 51.8 Å². The van der Waals surface area contributed by atoms with Gasteiger partial charge in [0.15, 0.2) is 0 Å². The summed E-state index contributed by atoms with van der Waals surface area (Å²) in [5.74, 6) is 0. The monoisotopic (exact) mass is 305 g/mol. The molecule has 0 aliphatic carbocycles. The summed E-state index contributed by atoms with van der Waals surface area (Å²) in [5, 5.41) is 8.70. The second kappa shape index (κ2) is 6.63. The van der Waals surface area contributed by atoms with E-state index >= 15 is 0 Å². The van der Waals surface area contributed by atoms with E-state index in [-0.39, 0.29) is 12.1 Å². The van der Waals surface area contributed by atoms with Crippen molar-refractivity contribution in [3.63, 3.8) is 0 Å². The molecule has 0 amide bonds. The van der Waals surface area contributed by atoms with Crippen molar-refractivity contribution in [2.24, 2.45) is 0 Å². The van der Waals surface area contributed by atoms with Crippen molar-refractivity contribution in [2.75, 3.05) is 6.54 Å². The maximum atomic E-state index is 6.43. The molecule has 0 saturated carbocycles. The molecule has 0 saturated heterocycles. The van der Waals surface area contributed by atoms with E-state index in [2.05, 4.69) is 63.2 Å². The maximum Gasteiger partial charge on any atom is 0.0837 e. The fourth-order valence-electron chi connectivity index (χ4n) is 2.79. The van der Waals surface area contributed by atoms with E-state index in [9.17, 15) is 0 Å². The third kappa shape index (κ3) is 3.47. The van der Waals surface area contributed by atoms with Crippen molar-refractivity contribution >= 4 is 11.6 Å². The van der Waals surface area contributed by atoms with Crippen LogP contribution in [0.4, 0.5) is 0 Å². The number of aryl methyl sites for hydroxylation is 2. The van der Waals surface area contributed by atoms with E-state index in [4.69, 9.17) is 11.6 Å².